The van der Waals surface area contributed by atoms with E-state index in [1.165, 1.54) is 140 Å². The number of anilines is 2. The zero-order valence-electron chi connectivity index (χ0n) is 38.5. The summed E-state index contributed by atoms with van der Waals surface area (Å²) in [5.74, 6) is 0. The number of nitrogens with one attached hydrogen (secondary N) is 1. The predicted octanol–water partition coefficient (Wildman–Crippen LogP) is 16.6. The predicted molar refractivity (Wildman–Crippen MR) is 295 cm³/mol. The van der Waals surface area contributed by atoms with Gasteiger partial charge in [-0.15, -0.1) is 34.0 Å². The highest BCUT2D eigenvalue weighted by Gasteiger charge is 2.38. The molecule has 66 heavy (non-hydrogen) atoms. The van der Waals surface area contributed by atoms with Crippen LogP contribution in [0.2, 0.25) is 0 Å². The van der Waals surface area contributed by atoms with Crippen LogP contribution in [0.25, 0.3) is 99.1 Å². The van der Waals surface area contributed by atoms with Crippen LogP contribution in [0.4, 0.5) is 11.4 Å². The molecule has 0 atom stereocenters. The van der Waals surface area contributed by atoms with Crippen LogP contribution >= 0.6 is 34.0 Å². The highest BCUT2D eigenvalue weighted by Crippen LogP contribution is 2.51. The second-order valence-electron chi connectivity index (χ2n) is 21.6. The topological polar surface area (TPSA) is 17.0 Å². The molecule has 0 saturated carbocycles. The minimum absolute atomic E-state index is 0.0818. The summed E-state index contributed by atoms with van der Waals surface area (Å²) >= 11 is 5.79. The normalized spacial score (nSPS) is 15.4. The first kappa shape index (κ1) is 39.3. The van der Waals surface area contributed by atoms with Crippen molar-refractivity contribution in [3.05, 3.63) is 150 Å². The molecule has 1 N–H and O–H groups in total. The lowest BCUT2D eigenvalue weighted by Gasteiger charge is -2.41. The maximum absolute atomic E-state index is 4.02. The second kappa shape index (κ2) is 13.4. The fraction of sp³-hybridized carbons (Fsp3) is 0.200. The molecular formula is C60H49BN2S3. The highest BCUT2D eigenvalue weighted by molar-refractivity contribution is 7.26. The van der Waals surface area contributed by atoms with Gasteiger partial charge in [0, 0.05) is 99.4 Å². The third-order valence-corrected chi connectivity index (χ3v) is 19.0. The number of rotatable bonds is 3. The molecule has 12 aromatic rings. The van der Waals surface area contributed by atoms with Crippen LogP contribution in [0, 0.1) is 0 Å². The van der Waals surface area contributed by atoms with E-state index in [2.05, 4.69) is 192 Å². The summed E-state index contributed by atoms with van der Waals surface area (Å²) < 4.78 is 10.8. The summed E-state index contributed by atoms with van der Waals surface area (Å²) in [6, 6.07) is 52.0. The van der Waals surface area contributed by atoms with Crippen LogP contribution in [0.1, 0.15) is 78.0 Å². The van der Waals surface area contributed by atoms with Crippen molar-refractivity contribution >= 4 is 146 Å². The summed E-state index contributed by atoms with van der Waals surface area (Å²) in [5.41, 5.74) is 16.3. The second-order valence-corrected chi connectivity index (χ2v) is 24.9. The summed E-state index contributed by atoms with van der Waals surface area (Å²) in [4.78, 5) is 0. The van der Waals surface area contributed by atoms with E-state index in [-0.39, 0.29) is 16.2 Å². The van der Waals surface area contributed by atoms with Gasteiger partial charge in [0.05, 0.1) is 5.52 Å². The van der Waals surface area contributed by atoms with E-state index >= 15 is 0 Å². The number of nitrogens with zero attached hydrogens (tertiary/aromatic N) is 1. The van der Waals surface area contributed by atoms with Gasteiger partial charge in [-0.2, -0.15) is 0 Å². The standard InChI is InChI=1S/C60H49BN2S3/c1-58(2,3)32-16-18-33(19-17-32)62-47-31-55-40(41-25-44-45(29-53(41)66-55)60(6,7)23-22-59(44,4)5)24-38(47)36-20-21-37-39-28-52-42(34-12-8-10-14-50(34)64-52)26-48(39)63-49-27-43-35-13-9-11-15-51(35)65-54(43)30-46(49)61-56(36)57(37)63/h8-21,24-31,61-62H,22-23H2,1-7H3. The quantitative estimate of drug-likeness (QED) is 0.175. The lowest BCUT2D eigenvalue weighted by Crippen LogP contribution is -2.37. The minimum Gasteiger partial charge on any atom is -0.355 e. The molecule has 14 rings (SSSR count). The van der Waals surface area contributed by atoms with E-state index in [0.29, 0.717) is 0 Å². The van der Waals surface area contributed by atoms with Crippen LogP contribution in [-0.2, 0) is 16.2 Å². The first-order valence-corrected chi connectivity index (χ1v) is 26.0. The van der Waals surface area contributed by atoms with Crippen molar-refractivity contribution in [1.29, 1.82) is 0 Å². The zero-order chi connectivity index (χ0) is 44.6. The number of thiophene rings is 3. The Morgan fingerprint density at radius 2 is 1.11 bits per heavy atom. The van der Waals surface area contributed by atoms with Gasteiger partial charge in [0.15, 0.2) is 7.28 Å². The molecule has 8 aromatic carbocycles. The van der Waals surface area contributed by atoms with E-state index in [4.69, 9.17) is 0 Å². The molecule has 0 radical (unpaired) electrons. The molecule has 5 heterocycles. The Kier molecular flexibility index (Phi) is 7.96. The molecular weight excluding hydrogens is 856 g/mol. The molecule has 0 unspecified atom stereocenters. The Morgan fingerprint density at radius 1 is 0.515 bits per heavy atom. The highest BCUT2D eigenvalue weighted by atomic mass is 32.1. The molecule has 1 aliphatic carbocycles. The van der Waals surface area contributed by atoms with E-state index in [0.717, 1.165) is 18.7 Å². The van der Waals surface area contributed by atoms with Gasteiger partial charge >= 0.3 is 0 Å². The summed E-state index contributed by atoms with van der Waals surface area (Å²) in [5, 5.41) is 14.8. The maximum Gasteiger partial charge on any atom is 0.198 e. The molecule has 0 spiro atoms. The molecule has 2 aliphatic rings. The Labute approximate surface area is 397 Å². The van der Waals surface area contributed by atoms with Gasteiger partial charge in [-0.3, -0.25) is 0 Å². The average Bonchev–Trinajstić information content (AvgIpc) is 4.05. The minimum atomic E-state index is 0.0818. The number of benzene rings is 8. The van der Waals surface area contributed by atoms with Gasteiger partial charge in [-0.05, 0) is 130 Å². The maximum atomic E-state index is 4.02. The monoisotopic (exact) mass is 904 g/mol. The van der Waals surface area contributed by atoms with Crippen molar-refractivity contribution in [2.75, 3.05) is 5.32 Å². The fourth-order valence-electron chi connectivity index (χ4n) is 11.8. The van der Waals surface area contributed by atoms with Crippen LogP contribution in [0.15, 0.2) is 133 Å². The summed E-state index contributed by atoms with van der Waals surface area (Å²) in [7, 11) is 0.860. The van der Waals surface area contributed by atoms with Crippen molar-refractivity contribution in [2.45, 2.75) is 77.6 Å². The van der Waals surface area contributed by atoms with E-state index in [9.17, 15) is 0 Å². The van der Waals surface area contributed by atoms with Gasteiger partial charge in [0.1, 0.15) is 0 Å². The molecule has 2 nitrogen and oxygen atoms in total. The Morgan fingerprint density at radius 3 is 1.82 bits per heavy atom. The van der Waals surface area contributed by atoms with Gasteiger partial charge in [0.25, 0.3) is 0 Å². The third kappa shape index (κ3) is 5.59. The molecule has 0 amide bonds. The van der Waals surface area contributed by atoms with Gasteiger partial charge in [0.2, 0.25) is 0 Å². The van der Waals surface area contributed by atoms with Crippen molar-refractivity contribution in [1.82, 2.24) is 4.57 Å². The summed E-state index contributed by atoms with van der Waals surface area (Å²) in [6.45, 7) is 16.7. The van der Waals surface area contributed by atoms with E-state index in [1.807, 2.05) is 34.0 Å². The van der Waals surface area contributed by atoms with Crippen LogP contribution in [-0.4, -0.2) is 11.8 Å². The average molecular weight is 905 g/mol. The smallest absolute Gasteiger partial charge is 0.198 e. The van der Waals surface area contributed by atoms with E-state index in [1.54, 1.807) is 0 Å². The lowest BCUT2D eigenvalue weighted by molar-refractivity contribution is 0.332. The van der Waals surface area contributed by atoms with Crippen molar-refractivity contribution in [3.63, 3.8) is 0 Å². The molecule has 1 aliphatic heterocycles. The van der Waals surface area contributed by atoms with Crippen LogP contribution < -0.4 is 16.2 Å². The molecule has 320 valence electrons. The number of fused-ring (bicyclic) bond motifs is 15. The first-order valence-electron chi connectivity index (χ1n) is 23.6. The molecule has 4 aromatic heterocycles. The van der Waals surface area contributed by atoms with Gasteiger partial charge < -0.3 is 9.88 Å². The Balaban J connectivity index is 1.07. The van der Waals surface area contributed by atoms with Gasteiger partial charge in [-0.1, -0.05) is 115 Å². The zero-order valence-corrected chi connectivity index (χ0v) is 40.9. The van der Waals surface area contributed by atoms with Gasteiger partial charge in [-0.25, -0.2) is 0 Å². The number of hydrogen-bond donors (Lipinski definition) is 1. The molecule has 6 heteroatoms. The Hall–Kier alpha value is -5.92. The van der Waals surface area contributed by atoms with Crippen LogP contribution in [0.5, 0.6) is 0 Å². The summed E-state index contributed by atoms with van der Waals surface area (Å²) in [6.07, 6.45) is 2.42. The third-order valence-electron chi connectivity index (χ3n) is 15.6. The van der Waals surface area contributed by atoms with E-state index < -0.39 is 0 Å². The lowest BCUT2D eigenvalue weighted by atomic mass is 9.59. The van der Waals surface area contributed by atoms with Crippen LogP contribution in [0.3, 0.4) is 0 Å². The fourth-order valence-corrected chi connectivity index (χ4v) is 15.3. The Bertz CT molecular complexity index is 4090. The van der Waals surface area contributed by atoms with Crippen molar-refractivity contribution in [3.8, 4) is 16.8 Å². The first-order chi connectivity index (χ1) is 31.8. The SMILES string of the molecule is CC(C)(C)c1ccc(Nc2cc3sc4cc5c(cc4c3cc2-c2ccc3c4cc6sc7ccccc7c6cc4n4c3c2Bc2cc3sc6ccccc6c3cc2-4)C(C)(C)CCC5(C)C)cc1. The largest absolute Gasteiger partial charge is 0.355 e. The van der Waals surface area contributed by atoms with Crippen molar-refractivity contribution in [2.24, 2.45) is 0 Å². The number of aromatic nitrogens is 1. The molecule has 0 saturated heterocycles. The number of hydrogen-bond acceptors (Lipinski definition) is 4. The molecule has 0 fully saturated rings. The van der Waals surface area contributed by atoms with Crippen molar-refractivity contribution < 1.29 is 0 Å². The molecule has 0 bridgehead atoms.